The molecule has 0 atom stereocenters. The molecule has 7 nitrogen and oxygen atoms in total. The van der Waals surface area contributed by atoms with Crippen molar-refractivity contribution in [2.45, 2.75) is 17.9 Å². The topological polar surface area (TPSA) is 93.4 Å². The van der Waals surface area contributed by atoms with Crippen LogP contribution in [0.1, 0.15) is 12.8 Å². The third-order valence-electron chi connectivity index (χ3n) is 2.40. The Morgan fingerprint density at radius 2 is 2.00 bits per heavy atom. The summed E-state index contributed by atoms with van der Waals surface area (Å²) in [7, 11) is 0.810. The van der Waals surface area contributed by atoms with Crippen molar-refractivity contribution in [1.82, 2.24) is 4.98 Å². The molecule has 1 aliphatic heterocycles. The van der Waals surface area contributed by atoms with Crippen LogP contribution >= 0.6 is 22.5 Å². The first-order valence-corrected chi connectivity index (χ1v) is 6.59. The summed E-state index contributed by atoms with van der Waals surface area (Å²) in [6, 6.07) is 1.14. The largest absolute Gasteiger partial charge is 0.289 e. The Bertz CT molecular complexity index is 533. The fourth-order valence-corrected chi connectivity index (χ4v) is 2.32. The molecule has 0 aliphatic carbocycles. The highest BCUT2D eigenvalue weighted by molar-refractivity contribution is 8.68. The molecule has 0 unspecified atom stereocenters. The van der Waals surface area contributed by atoms with E-state index in [0.717, 1.165) is 28.0 Å². The predicted octanol–water partition coefficient (Wildman–Crippen LogP) is 1.85. The van der Waals surface area contributed by atoms with E-state index in [4.69, 9.17) is 11.7 Å². The molecule has 1 radical (unpaired) electrons. The summed E-state index contributed by atoms with van der Waals surface area (Å²) in [5.74, 6) is -0.791. The summed E-state index contributed by atoms with van der Waals surface area (Å²) >= 11 is 4.76. The maximum Gasteiger partial charge on any atom is 0.289 e. The molecule has 0 bridgehead atoms. The second-order valence-corrected chi connectivity index (χ2v) is 4.53. The number of carbonyl (C=O) groups is 2. The average molecular weight is 284 g/mol. The van der Waals surface area contributed by atoms with Crippen molar-refractivity contribution in [3.63, 3.8) is 0 Å². The number of nitrogens with zero attached hydrogens (tertiary/aromatic N) is 3. The van der Waals surface area contributed by atoms with Gasteiger partial charge in [-0.3, -0.25) is 19.7 Å². The summed E-state index contributed by atoms with van der Waals surface area (Å²) in [5.41, 5.74) is -0.193. The molecule has 0 spiro atoms. The molecule has 1 saturated heterocycles. The first-order valence-electron chi connectivity index (χ1n) is 4.84. The first kappa shape index (κ1) is 12.8. The summed E-state index contributed by atoms with van der Waals surface area (Å²) in [6.45, 7) is 0. The number of anilines is 1. The Balaban J connectivity index is 2.53. The number of aromatic nitrogens is 1. The van der Waals surface area contributed by atoms with E-state index in [1.165, 1.54) is 0 Å². The zero-order valence-electron chi connectivity index (χ0n) is 8.86. The van der Waals surface area contributed by atoms with Gasteiger partial charge in [-0.25, -0.2) is 9.88 Å². The molecule has 1 aliphatic rings. The van der Waals surface area contributed by atoms with Gasteiger partial charge < -0.3 is 0 Å². The Hall–Kier alpha value is -1.61. The first-order chi connectivity index (χ1) is 8.54. The predicted molar refractivity (Wildman–Crippen MR) is 66.1 cm³/mol. The number of amides is 2. The van der Waals surface area contributed by atoms with Gasteiger partial charge >= 0.3 is 0 Å². The maximum atomic E-state index is 11.6. The highest BCUT2D eigenvalue weighted by atomic mass is 33.1. The van der Waals surface area contributed by atoms with E-state index in [1.54, 1.807) is 0 Å². The molecule has 9 heteroatoms. The lowest BCUT2D eigenvalue weighted by molar-refractivity contribution is -0.385. The van der Waals surface area contributed by atoms with Gasteiger partial charge in [-0.15, -0.1) is 0 Å². The third kappa shape index (κ3) is 2.18. The summed E-state index contributed by atoms with van der Waals surface area (Å²) in [6.07, 6.45) is 1.25. The fraction of sp³-hybridized carbons (Fsp3) is 0.222. The van der Waals surface area contributed by atoms with E-state index in [2.05, 4.69) is 4.98 Å². The SMILES string of the molecule is O=C1CCC(=O)N1c1cc([N+](=O)[O-])cnc1S[S]. The Kier molecular flexibility index (Phi) is 3.53. The van der Waals surface area contributed by atoms with E-state index in [0.29, 0.717) is 0 Å². The molecular weight excluding hydrogens is 278 g/mol. The highest BCUT2D eigenvalue weighted by Gasteiger charge is 2.33. The van der Waals surface area contributed by atoms with Crippen LogP contribution in [0.25, 0.3) is 0 Å². The van der Waals surface area contributed by atoms with Crippen LogP contribution in [0.2, 0.25) is 0 Å². The van der Waals surface area contributed by atoms with Gasteiger partial charge in [-0.1, -0.05) is 0 Å². The zero-order chi connectivity index (χ0) is 13.3. The van der Waals surface area contributed by atoms with Crippen LogP contribution in [0.15, 0.2) is 17.3 Å². The molecular formula is C9H6N3O4S2. The lowest BCUT2D eigenvalue weighted by Gasteiger charge is -2.15. The molecule has 2 rings (SSSR count). The molecule has 1 aromatic rings. The number of hydrogen-bond donors (Lipinski definition) is 0. The molecule has 0 N–H and O–H groups in total. The maximum absolute atomic E-state index is 11.6. The number of rotatable bonds is 3. The second kappa shape index (κ2) is 4.94. The van der Waals surface area contributed by atoms with Crippen molar-refractivity contribution >= 4 is 45.6 Å². The smallest absolute Gasteiger partial charge is 0.274 e. The number of hydrogen-bond acceptors (Lipinski definition) is 6. The Labute approximate surface area is 111 Å². The number of pyridine rings is 1. The lowest BCUT2D eigenvalue weighted by Crippen LogP contribution is -2.29. The van der Waals surface area contributed by atoms with Crippen molar-refractivity contribution in [2.24, 2.45) is 0 Å². The van der Waals surface area contributed by atoms with Gasteiger partial charge in [0.1, 0.15) is 11.2 Å². The minimum atomic E-state index is -0.640. The summed E-state index contributed by atoms with van der Waals surface area (Å²) in [4.78, 5) is 37.9. The van der Waals surface area contributed by atoms with E-state index >= 15 is 0 Å². The van der Waals surface area contributed by atoms with E-state index < -0.39 is 16.7 Å². The Morgan fingerprint density at radius 3 is 2.50 bits per heavy atom. The standard InChI is InChI=1S/C9H6N3O4S2/c13-7-1-2-8(14)11(7)6-3-5(12(15)16)4-10-9(6)18-17/h3-4H,1-2H2. The van der Waals surface area contributed by atoms with Gasteiger partial charge in [-0.2, -0.15) is 0 Å². The van der Waals surface area contributed by atoms with Gasteiger partial charge in [0.2, 0.25) is 11.8 Å². The van der Waals surface area contributed by atoms with Crippen LogP contribution in [-0.4, -0.2) is 21.7 Å². The highest BCUT2D eigenvalue weighted by Crippen LogP contribution is 2.35. The molecule has 0 aromatic carbocycles. The monoisotopic (exact) mass is 284 g/mol. The van der Waals surface area contributed by atoms with Crippen molar-refractivity contribution in [2.75, 3.05) is 4.90 Å². The summed E-state index contributed by atoms with van der Waals surface area (Å²) < 4.78 is 0. The average Bonchev–Trinajstić information content (AvgIpc) is 2.68. The third-order valence-corrected chi connectivity index (χ3v) is 3.35. The zero-order valence-corrected chi connectivity index (χ0v) is 10.5. The van der Waals surface area contributed by atoms with Gasteiger partial charge in [-0.05, 0) is 22.5 Å². The molecule has 2 heterocycles. The minimum absolute atomic E-state index is 0.0942. The normalized spacial score (nSPS) is 15.3. The van der Waals surface area contributed by atoms with Gasteiger partial charge in [0.25, 0.3) is 5.69 Å². The number of imide groups is 1. The van der Waals surface area contributed by atoms with Crippen molar-refractivity contribution in [3.8, 4) is 0 Å². The van der Waals surface area contributed by atoms with Gasteiger partial charge in [0, 0.05) is 18.9 Å². The quantitative estimate of drug-likeness (QED) is 0.364. The molecule has 93 valence electrons. The van der Waals surface area contributed by atoms with Crippen molar-refractivity contribution in [3.05, 3.63) is 22.4 Å². The summed E-state index contributed by atoms with van der Waals surface area (Å²) in [5, 5.41) is 10.9. The fourth-order valence-electron chi connectivity index (χ4n) is 1.60. The van der Waals surface area contributed by atoms with E-state index in [1.807, 2.05) is 0 Å². The van der Waals surface area contributed by atoms with E-state index in [-0.39, 0.29) is 29.2 Å². The van der Waals surface area contributed by atoms with Crippen LogP contribution in [0, 0.1) is 10.1 Å². The van der Waals surface area contributed by atoms with Crippen LogP contribution in [0.3, 0.4) is 0 Å². The Morgan fingerprint density at radius 1 is 1.39 bits per heavy atom. The molecule has 1 aromatic heterocycles. The number of nitro groups is 1. The van der Waals surface area contributed by atoms with Crippen LogP contribution in [0.4, 0.5) is 11.4 Å². The molecule has 1 fully saturated rings. The number of carbonyl (C=O) groups excluding carboxylic acids is 2. The van der Waals surface area contributed by atoms with Crippen molar-refractivity contribution in [1.29, 1.82) is 0 Å². The van der Waals surface area contributed by atoms with E-state index in [9.17, 15) is 19.7 Å². The molecule has 2 amide bonds. The minimum Gasteiger partial charge on any atom is -0.274 e. The van der Waals surface area contributed by atoms with Gasteiger partial charge in [0.15, 0.2) is 0 Å². The molecule has 0 saturated carbocycles. The van der Waals surface area contributed by atoms with Crippen LogP contribution < -0.4 is 4.90 Å². The molecule has 18 heavy (non-hydrogen) atoms. The second-order valence-electron chi connectivity index (χ2n) is 3.48. The van der Waals surface area contributed by atoms with Crippen LogP contribution in [0.5, 0.6) is 0 Å². The lowest BCUT2D eigenvalue weighted by atomic mass is 10.3. The van der Waals surface area contributed by atoms with Crippen molar-refractivity contribution < 1.29 is 14.5 Å². The van der Waals surface area contributed by atoms with Crippen LogP contribution in [-0.2, 0) is 9.59 Å². The van der Waals surface area contributed by atoms with Gasteiger partial charge in [0.05, 0.1) is 10.6 Å².